The van der Waals surface area contributed by atoms with Crippen LogP contribution in [0.5, 0.6) is 0 Å². The zero-order valence-electron chi connectivity index (χ0n) is 14.4. The predicted molar refractivity (Wildman–Crippen MR) is 98.6 cm³/mol. The Labute approximate surface area is 154 Å². The molecule has 4 heterocycles. The zero-order chi connectivity index (χ0) is 18.3. The van der Waals surface area contributed by atoms with E-state index in [2.05, 4.69) is 14.5 Å². The Bertz CT molecular complexity index is 1020. The number of aliphatic hydroxyl groups is 1. The molecular formula is C18H19N5O2S. The molecule has 7 nitrogen and oxygen atoms in total. The molecule has 0 bridgehead atoms. The van der Waals surface area contributed by atoms with Crippen molar-refractivity contribution in [1.82, 2.24) is 19.4 Å². The molecule has 26 heavy (non-hydrogen) atoms. The third kappa shape index (κ3) is 2.73. The molecule has 0 radical (unpaired) electrons. The second kappa shape index (κ2) is 6.67. The monoisotopic (exact) mass is 369 g/mol. The van der Waals surface area contributed by atoms with Crippen LogP contribution in [0, 0.1) is 11.3 Å². The first-order chi connectivity index (χ1) is 12.6. The zero-order valence-corrected chi connectivity index (χ0v) is 15.2. The number of fused-ring (bicyclic) bond motifs is 3. The summed E-state index contributed by atoms with van der Waals surface area (Å²) in [5, 5.41) is 21.1. The lowest BCUT2D eigenvalue weighted by Crippen LogP contribution is -2.40. The molecule has 8 heteroatoms. The number of aromatic nitrogens is 3. The van der Waals surface area contributed by atoms with Gasteiger partial charge in [-0.2, -0.15) is 5.26 Å². The van der Waals surface area contributed by atoms with E-state index in [9.17, 15) is 9.90 Å². The number of nitrogens with zero attached hydrogens (tertiary/aromatic N) is 5. The van der Waals surface area contributed by atoms with Gasteiger partial charge in [0.05, 0.1) is 34.0 Å². The van der Waals surface area contributed by atoms with Crippen molar-refractivity contribution in [2.45, 2.75) is 38.3 Å². The fourth-order valence-electron chi connectivity index (χ4n) is 3.73. The smallest absolute Gasteiger partial charge is 0.236 e. The van der Waals surface area contributed by atoms with E-state index in [1.165, 1.54) is 0 Å². The van der Waals surface area contributed by atoms with Gasteiger partial charge >= 0.3 is 0 Å². The van der Waals surface area contributed by atoms with Crippen LogP contribution >= 0.6 is 11.3 Å². The lowest BCUT2D eigenvalue weighted by Gasteiger charge is -2.34. The van der Waals surface area contributed by atoms with Crippen molar-refractivity contribution < 1.29 is 9.90 Å². The van der Waals surface area contributed by atoms with Crippen LogP contribution in [0.25, 0.3) is 21.3 Å². The van der Waals surface area contributed by atoms with E-state index in [1.54, 1.807) is 29.4 Å². The Balaban J connectivity index is 1.84. The van der Waals surface area contributed by atoms with E-state index >= 15 is 0 Å². The van der Waals surface area contributed by atoms with Gasteiger partial charge in [0.2, 0.25) is 5.91 Å². The fourth-order valence-corrected chi connectivity index (χ4v) is 4.62. The summed E-state index contributed by atoms with van der Waals surface area (Å²) >= 11 is 1.61. The largest absolute Gasteiger partial charge is 0.385 e. The van der Waals surface area contributed by atoms with Crippen molar-refractivity contribution in [3.05, 3.63) is 23.5 Å². The van der Waals surface area contributed by atoms with Gasteiger partial charge in [-0.25, -0.2) is 4.98 Å². The van der Waals surface area contributed by atoms with Crippen LogP contribution in [0.2, 0.25) is 0 Å². The molecule has 1 saturated heterocycles. The molecule has 0 saturated carbocycles. The molecule has 134 valence electrons. The van der Waals surface area contributed by atoms with Crippen LogP contribution in [0.3, 0.4) is 0 Å². The van der Waals surface area contributed by atoms with Gasteiger partial charge in [0.15, 0.2) is 0 Å². The summed E-state index contributed by atoms with van der Waals surface area (Å²) in [5.74, 6) is 0.463. The van der Waals surface area contributed by atoms with Crippen molar-refractivity contribution in [1.29, 1.82) is 5.26 Å². The molecule has 2 unspecified atom stereocenters. The van der Waals surface area contributed by atoms with E-state index in [-0.39, 0.29) is 18.4 Å². The molecule has 1 amide bonds. The number of carbonyl (C=O) groups is 1. The van der Waals surface area contributed by atoms with E-state index in [4.69, 9.17) is 5.26 Å². The number of rotatable bonds is 3. The number of thiophene rings is 1. The number of piperidine rings is 1. The minimum atomic E-state index is -0.720. The van der Waals surface area contributed by atoms with Gasteiger partial charge < -0.3 is 14.6 Å². The number of carbonyl (C=O) groups excluding carboxylic acids is 1. The number of amides is 1. The van der Waals surface area contributed by atoms with Gasteiger partial charge in [-0.05, 0) is 31.2 Å². The highest BCUT2D eigenvalue weighted by Crippen LogP contribution is 2.35. The Morgan fingerprint density at radius 2 is 2.38 bits per heavy atom. The summed E-state index contributed by atoms with van der Waals surface area (Å²) < 4.78 is 3.13. The highest BCUT2D eigenvalue weighted by atomic mass is 32.1. The van der Waals surface area contributed by atoms with E-state index in [0.29, 0.717) is 18.9 Å². The highest BCUT2D eigenvalue weighted by molar-refractivity contribution is 7.18. The predicted octanol–water partition coefficient (Wildman–Crippen LogP) is 2.78. The van der Waals surface area contributed by atoms with Gasteiger partial charge in [0.25, 0.3) is 0 Å². The maximum absolute atomic E-state index is 12.2. The number of nitriles is 1. The molecule has 3 aromatic rings. The van der Waals surface area contributed by atoms with E-state index in [0.717, 1.165) is 34.1 Å². The second-order valence-electron chi connectivity index (χ2n) is 6.61. The van der Waals surface area contributed by atoms with Crippen molar-refractivity contribution >= 4 is 38.5 Å². The third-order valence-corrected chi connectivity index (χ3v) is 5.78. The minimum Gasteiger partial charge on any atom is -0.385 e. The van der Waals surface area contributed by atoms with Crippen LogP contribution < -0.4 is 0 Å². The minimum absolute atomic E-state index is 0.0219. The molecule has 4 rings (SSSR count). The number of likely N-dealkylation sites (tertiary alicyclic amines) is 1. The first-order valence-electron chi connectivity index (χ1n) is 8.67. The first-order valence-corrected chi connectivity index (χ1v) is 9.55. The quantitative estimate of drug-likeness (QED) is 0.766. The Kier molecular flexibility index (Phi) is 4.34. The fraction of sp³-hybridized carbons (Fsp3) is 0.444. The second-order valence-corrected chi connectivity index (χ2v) is 7.53. The topological polar surface area (TPSA) is 95.0 Å². The van der Waals surface area contributed by atoms with Gasteiger partial charge in [-0.3, -0.25) is 9.78 Å². The van der Waals surface area contributed by atoms with E-state index < -0.39 is 6.10 Å². The normalized spacial score (nSPS) is 19.0. The van der Waals surface area contributed by atoms with Crippen LogP contribution in [-0.4, -0.2) is 43.5 Å². The Hall–Kier alpha value is -2.50. The van der Waals surface area contributed by atoms with Crippen LogP contribution in [0.4, 0.5) is 0 Å². The van der Waals surface area contributed by atoms with Crippen molar-refractivity contribution in [2.24, 2.45) is 0 Å². The average Bonchev–Trinajstić information content (AvgIpc) is 3.25. The molecule has 0 spiro atoms. The summed E-state index contributed by atoms with van der Waals surface area (Å²) in [4.78, 5) is 23.0. The third-order valence-electron chi connectivity index (χ3n) is 4.87. The molecule has 2 atom stereocenters. The standard InChI is InChI=1S/C18H19N5O2S/c1-11(24)18-21-14-9-20-13-5-8-26-17(13)16(14)23(18)12-3-2-7-22(10-12)15(25)4-6-19/h5,8-9,11-12,24H,2-4,7,10H2,1H3. The summed E-state index contributed by atoms with van der Waals surface area (Å²) in [6.07, 6.45) is 2.69. The first kappa shape index (κ1) is 16.9. The van der Waals surface area contributed by atoms with Crippen LogP contribution in [-0.2, 0) is 4.79 Å². The SMILES string of the molecule is CC(O)c1nc2cnc3ccsc3c2n1C1CCCN(C(=O)CC#N)C1. The van der Waals surface area contributed by atoms with Crippen molar-refractivity contribution in [3.8, 4) is 6.07 Å². The maximum Gasteiger partial charge on any atom is 0.236 e. The maximum atomic E-state index is 12.2. The number of hydrogen-bond donors (Lipinski definition) is 1. The summed E-state index contributed by atoms with van der Waals surface area (Å²) in [7, 11) is 0. The molecule has 1 N–H and O–H groups in total. The number of hydrogen-bond acceptors (Lipinski definition) is 6. The van der Waals surface area contributed by atoms with Gasteiger partial charge in [0, 0.05) is 13.1 Å². The summed E-state index contributed by atoms with van der Waals surface area (Å²) in [6, 6.07) is 3.93. The van der Waals surface area contributed by atoms with Gasteiger partial charge in [0.1, 0.15) is 23.9 Å². The highest BCUT2D eigenvalue weighted by Gasteiger charge is 2.29. The summed E-state index contributed by atoms with van der Waals surface area (Å²) in [6.45, 7) is 2.91. The Morgan fingerprint density at radius 3 is 3.15 bits per heavy atom. The molecule has 1 aliphatic heterocycles. The molecule has 1 fully saturated rings. The number of imidazole rings is 1. The molecule has 0 aliphatic carbocycles. The van der Waals surface area contributed by atoms with Crippen molar-refractivity contribution in [3.63, 3.8) is 0 Å². The number of pyridine rings is 1. The molecular weight excluding hydrogens is 350 g/mol. The van der Waals surface area contributed by atoms with Crippen LogP contribution in [0.15, 0.2) is 17.6 Å². The Morgan fingerprint density at radius 1 is 1.54 bits per heavy atom. The number of aliphatic hydroxyl groups excluding tert-OH is 1. The summed E-state index contributed by atoms with van der Waals surface area (Å²) in [5.41, 5.74) is 2.64. The molecule has 3 aromatic heterocycles. The van der Waals surface area contributed by atoms with E-state index in [1.807, 2.05) is 17.5 Å². The van der Waals surface area contributed by atoms with Crippen molar-refractivity contribution in [2.75, 3.05) is 13.1 Å². The molecule has 1 aliphatic rings. The lowest BCUT2D eigenvalue weighted by atomic mass is 10.0. The van der Waals surface area contributed by atoms with Gasteiger partial charge in [-0.15, -0.1) is 11.3 Å². The van der Waals surface area contributed by atoms with Crippen LogP contribution in [0.1, 0.15) is 44.2 Å². The lowest BCUT2D eigenvalue weighted by molar-refractivity contribution is -0.131. The molecule has 0 aromatic carbocycles. The average molecular weight is 369 g/mol. The van der Waals surface area contributed by atoms with Gasteiger partial charge in [-0.1, -0.05) is 0 Å².